The number of thiazole rings is 1. The smallest absolute Gasteiger partial charge is 0.263 e. The van der Waals surface area contributed by atoms with Crippen molar-refractivity contribution in [3.63, 3.8) is 0 Å². The van der Waals surface area contributed by atoms with Crippen molar-refractivity contribution in [2.45, 2.75) is 6.54 Å². The van der Waals surface area contributed by atoms with E-state index in [1.54, 1.807) is 0 Å². The topological polar surface area (TPSA) is 68.0 Å². The van der Waals surface area contributed by atoms with E-state index in [2.05, 4.69) is 32.9 Å². The van der Waals surface area contributed by atoms with Crippen LogP contribution in [0.15, 0.2) is 30.5 Å². The number of nitrogen functional groups attached to an aromatic ring is 1. The summed E-state index contributed by atoms with van der Waals surface area (Å²) in [6, 6.07) is 7.99. The van der Waals surface area contributed by atoms with Crippen LogP contribution in [0.1, 0.15) is 15.2 Å². The second kappa shape index (κ2) is 5.46. The van der Waals surface area contributed by atoms with Gasteiger partial charge >= 0.3 is 0 Å². The van der Waals surface area contributed by atoms with Gasteiger partial charge in [-0.25, -0.2) is 4.98 Å². The molecule has 2 rings (SSSR count). The fourth-order valence-corrected chi connectivity index (χ4v) is 2.22. The molecule has 1 amide bonds. The number of hydrogen-bond donors (Lipinski definition) is 2. The number of halogens is 1. The molecule has 0 atom stereocenters. The average Bonchev–Trinajstić information content (AvgIpc) is 2.75. The Balaban J connectivity index is 1.94. The third-order valence-corrected chi connectivity index (χ3v) is 3.66. The molecule has 0 saturated heterocycles. The molecule has 4 nitrogen and oxygen atoms in total. The summed E-state index contributed by atoms with van der Waals surface area (Å²) in [7, 11) is 0. The van der Waals surface area contributed by atoms with Gasteiger partial charge in [0, 0.05) is 10.1 Å². The van der Waals surface area contributed by atoms with Gasteiger partial charge in [0.25, 0.3) is 5.91 Å². The molecule has 6 heteroatoms. The summed E-state index contributed by atoms with van der Waals surface area (Å²) >= 11 is 3.43. The van der Waals surface area contributed by atoms with E-state index in [1.165, 1.54) is 21.1 Å². The Labute approximate surface area is 116 Å². The number of carbonyl (C=O) groups is 1. The normalized spacial score (nSPS) is 10.2. The molecule has 0 spiro atoms. The monoisotopic (exact) mass is 359 g/mol. The highest BCUT2D eigenvalue weighted by Crippen LogP contribution is 2.14. The Morgan fingerprint density at radius 2 is 2.12 bits per heavy atom. The second-order valence-electron chi connectivity index (χ2n) is 3.37. The zero-order valence-electron chi connectivity index (χ0n) is 8.81. The molecule has 0 aliphatic rings. The molecule has 1 heterocycles. The Kier molecular flexibility index (Phi) is 3.95. The van der Waals surface area contributed by atoms with Gasteiger partial charge in [0.05, 0.1) is 6.20 Å². The lowest BCUT2D eigenvalue weighted by molar-refractivity contribution is 0.0955. The van der Waals surface area contributed by atoms with E-state index in [1.807, 2.05) is 24.3 Å². The third kappa shape index (κ3) is 3.40. The molecule has 0 fully saturated rings. The largest absolute Gasteiger partial charge is 0.375 e. The minimum Gasteiger partial charge on any atom is -0.375 e. The molecule has 0 radical (unpaired) electrons. The first-order valence-corrected chi connectivity index (χ1v) is 6.78. The summed E-state index contributed by atoms with van der Waals surface area (Å²) in [6.07, 6.45) is 1.49. The number of amides is 1. The van der Waals surface area contributed by atoms with Crippen LogP contribution in [0, 0.1) is 3.57 Å². The number of nitrogens with zero attached hydrogens (tertiary/aromatic N) is 1. The molecule has 0 saturated carbocycles. The van der Waals surface area contributed by atoms with Gasteiger partial charge in [0.2, 0.25) is 0 Å². The molecule has 0 bridgehead atoms. The van der Waals surface area contributed by atoms with Crippen molar-refractivity contribution in [3.05, 3.63) is 44.5 Å². The summed E-state index contributed by atoms with van der Waals surface area (Å²) in [5, 5.41) is 3.23. The first kappa shape index (κ1) is 12.3. The van der Waals surface area contributed by atoms with Crippen LogP contribution < -0.4 is 11.1 Å². The Morgan fingerprint density at radius 1 is 1.41 bits per heavy atom. The maximum absolute atomic E-state index is 11.7. The summed E-state index contributed by atoms with van der Waals surface area (Å²) in [5.74, 6) is -0.141. The predicted octanol–water partition coefficient (Wildman–Crippen LogP) is 2.26. The van der Waals surface area contributed by atoms with E-state index in [0.29, 0.717) is 16.6 Å². The van der Waals surface area contributed by atoms with Crippen LogP contribution in [0.5, 0.6) is 0 Å². The van der Waals surface area contributed by atoms with Crippen molar-refractivity contribution < 1.29 is 4.79 Å². The number of aromatic nitrogens is 1. The molecule has 17 heavy (non-hydrogen) atoms. The Hall–Kier alpha value is -1.15. The first-order valence-electron chi connectivity index (χ1n) is 4.89. The molecular formula is C11H10IN3OS. The van der Waals surface area contributed by atoms with Crippen LogP contribution in [0.25, 0.3) is 0 Å². The summed E-state index contributed by atoms with van der Waals surface area (Å²) < 4.78 is 1.17. The molecule has 1 aromatic heterocycles. The number of hydrogen-bond acceptors (Lipinski definition) is 4. The zero-order valence-corrected chi connectivity index (χ0v) is 11.8. The maximum Gasteiger partial charge on any atom is 0.263 e. The average molecular weight is 359 g/mol. The van der Waals surface area contributed by atoms with Crippen LogP contribution in [0.4, 0.5) is 5.13 Å². The van der Waals surface area contributed by atoms with Crippen molar-refractivity contribution in [1.82, 2.24) is 10.3 Å². The predicted molar refractivity (Wildman–Crippen MR) is 76.9 cm³/mol. The number of nitrogens with one attached hydrogen (secondary N) is 1. The van der Waals surface area contributed by atoms with E-state index in [-0.39, 0.29) is 5.91 Å². The van der Waals surface area contributed by atoms with Crippen LogP contribution in [0.3, 0.4) is 0 Å². The maximum atomic E-state index is 11.7. The molecule has 2 aromatic rings. The van der Waals surface area contributed by atoms with Crippen LogP contribution in [-0.2, 0) is 6.54 Å². The Morgan fingerprint density at radius 3 is 2.71 bits per heavy atom. The van der Waals surface area contributed by atoms with Crippen molar-refractivity contribution in [3.8, 4) is 0 Å². The number of nitrogens with two attached hydrogens (primary N) is 1. The van der Waals surface area contributed by atoms with Gasteiger partial charge in [0.15, 0.2) is 5.13 Å². The van der Waals surface area contributed by atoms with Gasteiger partial charge in [0.1, 0.15) is 4.88 Å². The molecule has 0 unspecified atom stereocenters. The van der Waals surface area contributed by atoms with E-state index >= 15 is 0 Å². The molecule has 1 aromatic carbocycles. The number of anilines is 1. The number of rotatable bonds is 3. The van der Waals surface area contributed by atoms with Gasteiger partial charge < -0.3 is 11.1 Å². The minimum atomic E-state index is -0.141. The van der Waals surface area contributed by atoms with Gasteiger partial charge in [-0.05, 0) is 40.3 Å². The number of carbonyl (C=O) groups excluding carboxylic acids is 1. The van der Waals surface area contributed by atoms with Crippen LogP contribution >= 0.6 is 33.9 Å². The number of benzene rings is 1. The lowest BCUT2D eigenvalue weighted by Crippen LogP contribution is -2.21. The third-order valence-electron chi connectivity index (χ3n) is 2.11. The molecule has 0 aliphatic heterocycles. The van der Waals surface area contributed by atoms with Gasteiger partial charge in [-0.1, -0.05) is 23.5 Å². The van der Waals surface area contributed by atoms with Crippen molar-refractivity contribution >= 4 is 45.0 Å². The van der Waals surface area contributed by atoms with E-state index < -0.39 is 0 Å². The lowest BCUT2D eigenvalue weighted by atomic mass is 10.2. The molecule has 88 valence electrons. The molecule has 0 aliphatic carbocycles. The summed E-state index contributed by atoms with van der Waals surface area (Å²) in [5.41, 5.74) is 6.53. The molecular weight excluding hydrogens is 349 g/mol. The van der Waals surface area contributed by atoms with Gasteiger partial charge in [-0.2, -0.15) is 0 Å². The van der Waals surface area contributed by atoms with Crippen LogP contribution in [0.2, 0.25) is 0 Å². The highest BCUT2D eigenvalue weighted by atomic mass is 127. The van der Waals surface area contributed by atoms with E-state index in [4.69, 9.17) is 5.73 Å². The van der Waals surface area contributed by atoms with Crippen molar-refractivity contribution in [2.24, 2.45) is 0 Å². The summed E-state index contributed by atoms with van der Waals surface area (Å²) in [4.78, 5) is 16.1. The fraction of sp³-hybridized carbons (Fsp3) is 0.0909. The fourth-order valence-electron chi connectivity index (χ4n) is 1.26. The van der Waals surface area contributed by atoms with Crippen molar-refractivity contribution in [1.29, 1.82) is 0 Å². The minimum absolute atomic E-state index is 0.141. The quantitative estimate of drug-likeness (QED) is 0.827. The summed E-state index contributed by atoms with van der Waals surface area (Å²) in [6.45, 7) is 0.507. The molecule has 3 N–H and O–H groups in total. The Bertz CT molecular complexity index is 524. The van der Waals surface area contributed by atoms with Crippen LogP contribution in [-0.4, -0.2) is 10.9 Å². The first-order chi connectivity index (χ1) is 8.15. The standard InChI is InChI=1S/C11H10IN3OS/c12-8-3-1-7(2-4-8)5-14-10(16)9-6-15-11(13)17-9/h1-4,6H,5H2,(H2,13,15)(H,14,16). The van der Waals surface area contributed by atoms with Gasteiger partial charge in [-0.3, -0.25) is 4.79 Å². The van der Waals surface area contributed by atoms with E-state index in [9.17, 15) is 4.79 Å². The highest BCUT2D eigenvalue weighted by Gasteiger charge is 2.08. The lowest BCUT2D eigenvalue weighted by Gasteiger charge is -2.03. The SMILES string of the molecule is Nc1ncc(C(=O)NCc2ccc(I)cc2)s1. The highest BCUT2D eigenvalue weighted by molar-refractivity contribution is 14.1. The second-order valence-corrected chi connectivity index (χ2v) is 5.68. The van der Waals surface area contributed by atoms with E-state index in [0.717, 1.165) is 5.56 Å². The van der Waals surface area contributed by atoms with Gasteiger partial charge in [-0.15, -0.1) is 0 Å². The van der Waals surface area contributed by atoms with Crippen molar-refractivity contribution in [2.75, 3.05) is 5.73 Å². The zero-order chi connectivity index (χ0) is 12.3.